The number of rotatable bonds is 5. The second-order valence-corrected chi connectivity index (χ2v) is 4.58. The first-order valence-electron chi connectivity index (χ1n) is 6.58. The SMILES string of the molecule is COC(=O)/C(=C\c1ccc(-c2ccccc2[N+](=O)[O-])o1)C(C)=O. The minimum atomic E-state index is -0.777. The van der Waals surface area contributed by atoms with Crippen molar-refractivity contribution in [3.05, 3.63) is 57.8 Å². The molecule has 7 heteroatoms. The van der Waals surface area contributed by atoms with Gasteiger partial charge in [0.25, 0.3) is 5.69 Å². The number of hydrogen-bond acceptors (Lipinski definition) is 6. The quantitative estimate of drug-likeness (QED) is 0.210. The third-order valence-corrected chi connectivity index (χ3v) is 3.06. The average Bonchev–Trinajstić information content (AvgIpc) is 3.00. The standard InChI is InChI=1S/C16H13NO6/c1-10(18)13(16(19)22-2)9-11-7-8-15(23-11)12-5-3-4-6-14(12)17(20)21/h3-9H,1-2H3/b13-9-. The fraction of sp³-hybridized carbons (Fsp3) is 0.125. The van der Waals surface area contributed by atoms with Crippen LogP contribution in [0.2, 0.25) is 0 Å². The number of esters is 1. The summed E-state index contributed by atoms with van der Waals surface area (Å²) < 4.78 is 10.0. The van der Waals surface area contributed by atoms with E-state index in [1.807, 2.05) is 0 Å². The van der Waals surface area contributed by atoms with Gasteiger partial charge in [-0.25, -0.2) is 4.79 Å². The lowest BCUT2D eigenvalue weighted by Crippen LogP contribution is -2.11. The van der Waals surface area contributed by atoms with E-state index >= 15 is 0 Å². The highest BCUT2D eigenvalue weighted by atomic mass is 16.6. The van der Waals surface area contributed by atoms with E-state index in [1.54, 1.807) is 18.2 Å². The average molecular weight is 315 g/mol. The second-order valence-electron chi connectivity index (χ2n) is 4.58. The molecule has 0 radical (unpaired) electrons. The van der Waals surface area contributed by atoms with Crippen molar-refractivity contribution in [2.45, 2.75) is 6.92 Å². The van der Waals surface area contributed by atoms with Crippen LogP contribution in [0.5, 0.6) is 0 Å². The summed E-state index contributed by atoms with van der Waals surface area (Å²) >= 11 is 0. The minimum absolute atomic E-state index is 0.0999. The summed E-state index contributed by atoms with van der Waals surface area (Å²) in [7, 11) is 1.17. The zero-order valence-corrected chi connectivity index (χ0v) is 12.4. The maximum absolute atomic E-state index is 11.5. The summed E-state index contributed by atoms with van der Waals surface area (Å²) in [4.78, 5) is 33.5. The van der Waals surface area contributed by atoms with Gasteiger partial charge in [0.15, 0.2) is 5.78 Å². The third-order valence-electron chi connectivity index (χ3n) is 3.06. The molecule has 2 rings (SSSR count). The number of Topliss-reactive ketones (excluding diaryl/α,β-unsaturated/α-hetero) is 1. The van der Waals surface area contributed by atoms with E-state index in [0.29, 0.717) is 5.56 Å². The van der Waals surface area contributed by atoms with E-state index in [1.165, 1.54) is 38.3 Å². The van der Waals surface area contributed by atoms with E-state index < -0.39 is 16.7 Å². The van der Waals surface area contributed by atoms with Gasteiger partial charge in [0.2, 0.25) is 0 Å². The number of nitrogens with zero attached hydrogens (tertiary/aromatic N) is 1. The molecule has 0 aliphatic rings. The summed E-state index contributed by atoms with van der Waals surface area (Å²) in [6.07, 6.45) is 1.24. The van der Waals surface area contributed by atoms with Crippen LogP contribution in [-0.4, -0.2) is 23.8 Å². The molecule has 0 N–H and O–H groups in total. The van der Waals surface area contributed by atoms with Crippen molar-refractivity contribution < 1.29 is 23.7 Å². The summed E-state index contributed by atoms with van der Waals surface area (Å²) in [5.41, 5.74) is 0.0349. The van der Waals surface area contributed by atoms with Gasteiger partial charge in [-0.15, -0.1) is 0 Å². The van der Waals surface area contributed by atoms with Gasteiger partial charge in [-0.1, -0.05) is 12.1 Å². The highest BCUT2D eigenvalue weighted by Gasteiger charge is 2.19. The van der Waals surface area contributed by atoms with Crippen LogP contribution in [0.15, 0.2) is 46.4 Å². The molecule has 1 heterocycles. The van der Waals surface area contributed by atoms with Crippen LogP contribution in [0.3, 0.4) is 0 Å². The predicted octanol–water partition coefficient (Wildman–Crippen LogP) is 3.00. The molecular formula is C16H13NO6. The Bertz CT molecular complexity index is 802. The molecule has 0 amide bonds. The molecule has 0 fully saturated rings. The predicted molar refractivity (Wildman–Crippen MR) is 81.5 cm³/mol. The van der Waals surface area contributed by atoms with Gasteiger partial charge in [0.05, 0.1) is 17.6 Å². The number of hydrogen-bond donors (Lipinski definition) is 0. The molecule has 23 heavy (non-hydrogen) atoms. The maximum Gasteiger partial charge on any atom is 0.341 e. The number of nitro benzene ring substituents is 1. The Hall–Kier alpha value is -3.22. The molecule has 0 bridgehead atoms. The number of carbonyl (C=O) groups is 2. The van der Waals surface area contributed by atoms with E-state index in [9.17, 15) is 19.7 Å². The van der Waals surface area contributed by atoms with Gasteiger partial charge < -0.3 is 9.15 Å². The number of benzene rings is 1. The Morgan fingerprint density at radius 3 is 2.52 bits per heavy atom. The normalized spacial score (nSPS) is 11.1. The molecule has 2 aromatic rings. The molecule has 0 aliphatic heterocycles. The Labute approximate surface area is 131 Å². The molecule has 7 nitrogen and oxygen atoms in total. The molecule has 0 unspecified atom stereocenters. The van der Waals surface area contributed by atoms with Gasteiger partial charge in [-0.2, -0.15) is 0 Å². The maximum atomic E-state index is 11.5. The van der Waals surface area contributed by atoms with Crippen molar-refractivity contribution in [3.63, 3.8) is 0 Å². The van der Waals surface area contributed by atoms with E-state index in [2.05, 4.69) is 4.74 Å². The zero-order valence-electron chi connectivity index (χ0n) is 12.4. The lowest BCUT2D eigenvalue weighted by molar-refractivity contribution is -0.384. The Morgan fingerprint density at radius 2 is 1.91 bits per heavy atom. The summed E-state index contributed by atoms with van der Waals surface area (Å²) in [6.45, 7) is 1.23. The largest absolute Gasteiger partial charge is 0.465 e. The van der Waals surface area contributed by atoms with Crippen molar-refractivity contribution >= 4 is 23.5 Å². The number of furan rings is 1. The second kappa shape index (κ2) is 6.69. The van der Waals surface area contributed by atoms with E-state index in [0.717, 1.165) is 0 Å². The Kier molecular flexibility index (Phi) is 4.70. The van der Waals surface area contributed by atoms with Gasteiger partial charge in [-0.3, -0.25) is 14.9 Å². The molecule has 0 spiro atoms. The molecular weight excluding hydrogens is 302 g/mol. The molecule has 1 aromatic heterocycles. The van der Waals surface area contributed by atoms with E-state index in [4.69, 9.17) is 4.42 Å². The number of para-hydroxylation sites is 1. The van der Waals surface area contributed by atoms with Crippen LogP contribution < -0.4 is 0 Å². The first-order valence-corrected chi connectivity index (χ1v) is 6.58. The van der Waals surface area contributed by atoms with Crippen LogP contribution in [0.4, 0.5) is 5.69 Å². The van der Waals surface area contributed by atoms with Crippen LogP contribution >= 0.6 is 0 Å². The summed E-state index contributed by atoms with van der Waals surface area (Å²) in [5, 5.41) is 11.0. The van der Waals surface area contributed by atoms with Crippen molar-refractivity contribution in [2.24, 2.45) is 0 Å². The molecule has 1 aromatic carbocycles. The van der Waals surface area contributed by atoms with Gasteiger partial charge >= 0.3 is 5.97 Å². The lowest BCUT2D eigenvalue weighted by Gasteiger charge is -2.00. The molecule has 0 aliphatic carbocycles. The lowest BCUT2D eigenvalue weighted by atomic mass is 10.1. The number of methoxy groups -OCH3 is 1. The van der Waals surface area contributed by atoms with Crippen molar-refractivity contribution in [2.75, 3.05) is 7.11 Å². The molecule has 0 saturated carbocycles. The van der Waals surface area contributed by atoms with Gasteiger partial charge in [0, 0.05) is 6.07 Å². The highest BCUT2D eigenvalue weighted by molar-refractivity contribution is 6.19. The van der Waals surface area contributed by atoms with Crippen LogP contribution in [0, 0.1) is 10.1 Å². The molecule has 118 valence electrons. The monoisotopic (exact) mass is 315 g/mol. The Balaban J connectivity index is 2.44. The first kappa shape index (κ1) is 16.2. The summed E-state index contributed by atoms with van der Waals surface area (Å²) in [6, 6.07) is 9.16. The smallest absolute Gasteiger partial charge is 0.341 e. The Morgan fingerprint density at radius 1 is 1.22 bits per heavy atom. The van der Waals surface area contributed by atoms with Crippen molar-refractivity contribution in [3.8, 4) is 11.3 Å². The number of ether oxygens (including phenoxy) is 1. The van der Waals surface area contributed by atoms with Crippen LogP contribution in [-0.2, 0) is 14.3 Å². The van der Waals surface area contributed by atoms with Crippen molar-refractivity contribution in [1.29, 1.82) is 0 Å². The zero-order chi connectivity index (χ0) is 17.0. The molecule has 0 atom stereocenters. The first-order chi connectivity index (χ1) is 10.9. The highest BCUT2D eigenvalue weighted by Crippen LogP contribution is 2.31. The van der Waals surface area contributed by atoms with Crippen LogP contribution in [0.1, 0.15) is 12.7 Å². The number of carbonyl (C=O) groups excluding carboxylic acids is 2. The van der Waals surface area contributed by atoms with Gasteiger partial charge in [0.1, 0.15) is 17.1 Å². The number of ketones is 1. The van der Waals surface area contributed by atoms with Crippen molar-refractivity contribution in [1.82, 2.24) is 0 Å². The minimum Gasteiger partial charge on any atom is -0.465 e. The van der Waals surface area contributed by atoms with Gasteiger partial charge in [-0.05, 0) is 31.2 Å². The summed E-state index contributed by atoms with van der Waals surface area (Å²) in [5.74, 6) is -0.772. The fourth-order valence-electron chi connectivity index (χ4n) is 1.97. The molecule has 0 saturated heterocycles. The fourth-order valence-corrected chi connectivity index (χ4v) is 1.97. The topological polar surface area (TPSA) is 99.7 Å². The number of nitro groups is 1. The van der Waals surface area contributed by atoms with Crippen LogP contribution in [0.25, 0.3) is 17.4 Å². The van der Waals surface area contributed by atoms with E-state index in [-0.39, 0.29) is 22.8 Å². The third kappa shape index (κ3) is 3.52.